The molecule has 0 saturated carbocycles. The third-order valence-corrected chi connectivity index (χ3v) is 6.29. The molecule has 0 aliphatic heterocycles. The van der Waals surface area contributed by atoms with Crippen LogP contribution in [0.1, 0.15) is 57.9 Å². The van der Waals surface area contributed by atoms with Crippen LogP contribution in [0.3, 0.4) is 0 Å². The van der Waals surface area contributed by atoms with E-state index in [9.17, 15) is 4.79 Å². The van der Waals surface area contributed by atoms with Gasteiger partial charge in [0.15, 0.2) is 5.78 Å². The van der Waals surface area contributed by atoms with E-state index in [1.54, 1.807) is 14.2 Å². The maximum Gasteiger partial charge on any atom is 0.159 e. The molecule has 2 atom stereocenters. The van der Waals surface area contributed by atoms with E-state index >= 15 is 0 Å². The van der Waals surface area contributed by atoms with Crippen LogP contribution in [-0.4, -0.2) is 20.0 Å². The molecule has 1 aromatic carbocycles. The molecular formula is C23H30O3. The van der Waals surface area contributed by atoms with E-state index in [4.69, 9.17) is 9.47 Å². The maximum atomic E-state index is 13.1. The lowest BCUT2D eigenvalue weighted by Gasteiger charge is -2.36. The topological polar surface area (TPSA) is 35.5 Å². The number of benzene rings is 1. The molecule has 3 heteroatoms. The third-order valence-electron chi connectivity index (χ3n) is 6.29. The number of Topliss-reactive ketones (excluding diaryl/α,β-unsaturated/α-hetero) is 1. The number of ether oxygens (including phenoxy) is 2. The lowest BCUT2D eigenvalue weighted by Crippen LogP contribution is -2.28. The largest absolute Gasteiger partial charge is 0.497 e. The van der Waals surface area contributed by atoms with Gasteiger partial charge in [-0.15, -0.1) is 0 Å². The molecule has 3 rings (SSSR count). The summed E-state index contributed by atoms with van der Waals surface area (Å²) in [6.07, 6.45) is 3.54. The predicted molar refractivity (Wildman–Crippen MR) is 105 cm³/mol. The van der Waals surface area contributed by atoms with Crippen LogP contribution in [0.25, 0.3) is 0 Å². The van der Waals surface area contributed by atoms with E-state index in [2.05, 4.69) is 27.4 Å². The summed E-state index contributed by atoms with van der Waals surface area (Å²) in [6, 6.07) is 5.83. The zero-order valence-corrected chi connectivity index (χ0v) is 16.6. The minimum absolute atomic E-state index is 0.0535. The van der Waals surface area contributed by atoms with Gasteiger partial charge in [-0.1, -0.05) is 38.5 Å². The second-order valence-corrected chi connectivity index (χ2v) is 8.25. The summed E-state index contributed by atoms with van der Waals surface area (Å²) in [6.45, 7) is 11.2. The summed E-state index contributed by atoms with van der Waals surface area (Å²) in [7, 11) is 3.34. The van der Waals surface area contributed by atoms with Crippen molar-refractivity contribution in [2.45, 2.75) is 52.4 Å². The lowest BCUT2D eigenvalue weighted by molar-refractivity contribution is -0.117. The molecule has 1 aromatic rings. The normalized spacial score (nSPS) is 25.6. The van der Waals surface area contributed by atoms with Gasteiger partial charge < -0.3 is 9.47 Å². The molecule has 0 heterocycles. The first-order valence-electron chi connectivity index (χ1n) is 9.47. The number of hydrogen-bond donors (Lipinski definition) is 0. The highest BCUT2D eigenvalue weighted by atomic mass is 16.5. The molecule has 0 fully saturated rings. The molecular weight excluding hydrogens is 324 g/mol. The lowest BCUT2D eigenvalue weighted by atomic mass is 9.67. The maximum absolute atomic E-state index is 13.1. The van der Waals surface area contributed by atoms with Crippen LogP contribution in [0.15, 0.2) is 41.5 Å². The molecule has 0 spiro atoms. The first-order valence-corrected chi connectivity index (χ1v) is 9.47. The molecule has 3 nitrogen and oxygen atoms in total. The van der Waals surface area contributed by atoms with Crippen LogP contribution >= 0.6 is 0 Å². The summed E-state index contributed by atoms with van der Waals surface area (Å²) < 4.78 is 11.1. The molecule has 2 aliphatic rings. The Hall–Kier alpha value is -2.03. The number of allylic oxidation sites excluding steroid dienone is 3. The minimum atomic E-state index is -0.125. The van der Waals surface area contributed by atoms with E-state index in [-0.39, 0.29) is 17.1 Å². The molecule has 2 aliphatic carbocycles. The highest BCUT2D eigenvalue weighted by molar-refractivity contribution is 5.99. The Morgan fingerprint density at radius 2 is 1.88 bits per heavy atom. The van der Waals surface area contributed by atoms with Crippen LogP contribution in [-0.2, 0) is 4.79 Å². The van der Waals surface area contributed by atoms with Crippen molar-refractivity contribution < 1.29 is 14.3 Å². The van der Waals surface area contributed by atoms with Crippen molar-refractivity contribution in [3.05, 3.63) is 47.1 Å². The molecule has 0 amide bonds. The van der Waals surface area contributed by atoms with Crippen molar-refractivity contribution in [1.29, 1.82) is 0 Å². The number of rotatable bonds is 3. The molecule has 26 heavy (non-hydrogen) atoms. The van der Waals surface area contributed by atoms with Crippen LogP contribution in [0, 0.1) is 11.3 Å². The van der Waals surface area contributed by atoms with E-state index in [1.165, 1.54) is 5.57 Å². The Morgan fingerprint density at radius 1 is 1.15 bits per heavy atom. The summed E-state index contributed by atoms with van der Waals surface area (Å²) in [5.41, 5.74) is 4.42. The van der Waals surface area contributed by atoms with E-state index < -0.39 is 0 Å². The number of carbonyl (C=O) groups is 1. The van der Waals surface area contributed by atoms with Gasteiger partial charge in [-0.05, 0) is 48.8 Å². The monoisotopic (exact) mass is 354 g/mol. The van der Waals surface area contributed by atoms with Gasteiger partial charge in [0.2, 0.25) is 0 Å². The Labute approximate surface area is 157 Å². The van der Waals surface area contributed by atoms with Gasteiger partial charge in [0, 0.05) is 23.5 Å². The fourth-order valence-corrected chi connectivity index (χ4v) is 4.49. The Morgan fingerprint density at radius 3 is 2.54 bits per heavy atom. The zero-order valence-electron chi connectivity index (χ0n) is 16.6. The molecule has 0 N–H and O–H groups in total. The Balaban J connectivity index is 2.28. The van der Waals surface area contributed by atoms with Gasteiger partial charge in [-0.25, -0.2) is 0 Å². The summed E-state index contributed by atoms with van der Waals surface area (Å²) >= 11 is 0. The van der Waals surface area contributed by atoms with Crippen molar-refractivity contribution in [1.82, 2.24) is 0 Å². The summed E-state index contributed by atoms with van der Waals surface area (Å²) in [4.78, 5) is 13.1. The molecule has 0 radical (unpaired) electrons. The fraction of sp³-hybridized carbons (Fsp3) is 0.522. The Bertz CT molecular complexity index is 770. The van der Waals surface area contributed by atoms with Crippen LogP contribution in [0.4, 0.5) is 0 Å². The molecule has 0 bridgehead atoms. The van der Waals surface area contributed by atoms with Crippen molar-refractivity contribution in [3.63, 3.8) is 0 Å². The number of carbonyl (C=O) groups excluding carboxylic acids is 1. The molecule has 0 aromatic heterocycles. The van der Waals surface area contributed by atoms with E-state index in [0.717, 1.165) is 47.5 Å². The van der Waals surface area contributed by atoms with Crippen LogP contribution in [0.2, 0.25) is 0 Å². The van der Waals surface area contributed by atoms with Crippen molar-refractivity contribution in [2.24, 2.45) is 11.3 Å². The van der Waals surface area contributed by atoms with Gasteiger partial charge in [-0.2, -0.15) is 0 Å². The first kappa shape index (κ1) is 18.8. The van der Waals surface area contributed by atoms with Crippen LogP contribution < -0.4 is 9.47 Å². The first-order chi connectivity index (χ1) is 12.3. The average molecular weight is 354 g/mol. The van der Waals surface area contributed by atoms with Gasteiger partial charge in [0.05, 0.1) is 14.2 Å². The average Bonchev–Trinajstić information content (AvgIpc) is 2.76. The van der Waals surface area contributed by atoms with Gasteiger partial charge >= 0.3 is 0 Å². The second-order valence-electron chi connectivity index (χ2n) is 8.25. The number of ketones is 1. The highest BCUT2D eigenvalue weighted by Crippen LogP contribution is 2.52. The quantitative estimate of drug-likeness (QED) is 0.676. The molecule has 0 saturated heterocycles. The summed E-state index contributed by atoms with van der Waals surface area (Å²) in [5, 5.41) is 0. The SMILES string of the molecule is C=C1[C@@H](c2cc(OC)ccc2OC)C2=C(CC[C@H]1C)C(C)(C)CCC2=O. The van der Waals surface area contributed by atoms with Gasteiger partial charge in [0.1, 0.15) is 11.5 Å². The van der Waals surface area contributed by atoms with Crippen molar-refractivity contribution >= 4 is 5.78 Å². The standard InChI is InChI=1S/C23H30O3/c1-14-7-9-18-22(19(24)11-12-23(18,3)4)21(15(14)2)17-13-16(25-5)8-10-20(17)26-6/h8,10,13-14,21H,2,7,9,11-12H2,1,3-6H3/t14-,21+/m1/s1. The van der Waals surface area contributed by atoms with E-state index in [1.807, 2.05) is 18.2 Å². The van der Waals surface area contributed by atoms with E-state index in [0.29, 0.717) is 12.3 Å². The van der Waals surface area contributed by atoms with Gasteiger partial charge in [0.25, 0.3) is 0 Å². The molecule has 140 valence electrons. The number of methoxy groups -OCH3 is 2. The summed E-state index contributed by atoms with van der Waals surface area (Å²) in [5.74, 6) is 2.05. The van der Waals surface area contributed by atoms with Crippen LogP contribution in [0.5, 0.6) is 11.5 Å². The second kappa shape index (κ2) is 6.94. The number of hydrogen-bond acceptors (Lipinski definition) is 3. The Kier molecular flexibility index (Phi) is 5.01. The van der Waals surface area contributed by atoms with Crippen molar-refractivity contribution in [3.8, 4) is 11.5 Å². The van der Waals surface area contributed by atoms with Crippen molar-refractivity contribution in [2.75, 3.05) is 14.2 Å². The smallest absolute Gasteiger partial charge is 0.159 e. The van der Waals surface area contributed by atoms with Gasteiger partial charge in [-0.3, -0.25) is 4.79 Å². The minimum Gasteiger partial charge on any atom is -0.497 e. The molecule has 0 unspecified atom stereocenters. The zero-order chi connectivity index (χ0) is 19.1. The predicted octanol–water partition coefficient (Wildman–Crippen LogP) is 5.46. The fourth-order valence-electron chi connectivity index (χ4n) is 4.49. The third kappa shape index (κ3) is 3.08. The highest BCUT2D eigenvalue weighted by Gasteiger charge is 2.41.